The van der Waals surface area contributed by atoms with E-state index in [0.717, 1.165) is 11.4 Å². The fourth-order valence-electron chi connectivity index (χ4n) is 0.979. The second-order valence-electron chi connectivity index (χ2n) is 2.66. The summed E-state index contributed by atoms with van der Waals surface area (Å²) in [7, 11) is 0. The lowest BCUT2D eigenvalue weighted by atomic mass is 10.3. The van der Waals surface area contributed by atoms with Crippen molar-refractivity contribution in [2.24, 2.45) is 10.7 Å². The maximum Gasteiger partial charge on any atom is 0.115 e. The molecular weight excluding hydrogens is 216 g/mol. The molecule has 0 bridgehead atoms. The van der Waals surface area contributed by atoms with Crippen molar-refractivity contribution in [3.8, 4) is 0 Å². The minimum atomic E-state index is 0.269. The summed E-state index contributed by atoms with van der Waals surface area (Å²) in [6.45, 7) is 2.13. The van der Waals surface area contributed by atoms with Crippen molar-refractivity contribution >= 4 is 34.9 Å². The van der Waals surface area contributed by atoms with Gasteiger partial charge in [0.2, 0.25) is 0 Å². The van der Waals surface area contributed by atoms with Gasteiger partial charge in [-0.1, -0.05) is 6.92 Å². The summed E-state index contributed by atoms with van der Waals surface area (Å²) in [6.07, 6.45) is 0. The highest BCUT2D eigenvalue weighted by Crippen LogP contribution is 2.21. The van der Waals surface area contributed by atoms with E-state index in [2.05, 4.69) is 11.9 Å². The maximum absolute atomic E-state index is 5.52. The van der Waals surface area contributed by atoms with E-state index < -0.39 is 0 Å². The van der Waals surface area contributed by atoms with Crippen molar-refractivity contribution in [1.29, 1.82) is 0 Å². The van der Waals surface area contributed by atoms with E-state index in [1.54, 1.807) is 11.8 Å². The zero-order valence-electron chi connectivity index (χ0n) is 8.03. The number of aliphatic imine (C=N–C) groups is 1. The number of alkyl halides is 1. The van der Waals surface area contributed by atoms with Crippen molar-refractivity contribution < 1.29 is 0 Å². The Kier molecular flexibility index (Phi) is 4.84. The molecule has 76 valence electrons. The highest BCUT2D eigenvalue weighted by atomic mass is 35.5. The molecule has 0 saturated carbocycles. The molecular formula is C10H13ClN2S. The van der Waals surface area contributed by atoms with Crippen LogP contribution in [0.15, 0.2) is 34.2 Å². The van der Waals surface area contributed by atoms with Crippen LogP contribution in [0.3, 0.4) is 0 Å². The third kappa shape index (κ3) is 3.60. The molecule has 0 spiro atoms. The van der Waals surface area contributed by atoms with Crippen LogP contribution in [0.25, 0.3) is 0 Å². The number of nitrogens with zero attached hydrogens (tertiary/aromatic N) is 1. The smallest absolute Gasteiger partial charge is 0.115 e. The van der Waals surface area contributed by atoms with Gasteiger partial charge < -0.3 is 5.73 Å². The Labute approximate surface area is 93.6 Å². The second kappa shape index (κ2) is 5.94. The van der Waals surface area contributed by atoms with Gasteiger partial charge >= 0.3 is 0 Å². The molecule has 0 amide bonds. The number of halogens is 1. The van der Waals surface area contributed by atoms with Crippen LogP contribution in [-0.2, 0) is 0 Å². The van der Waals surface area contributed by atoms with E-state index in [1.807, 2.05) is 24.3 Å². The van der Waals surface area contributed by atoms with Crippen LogP contribution in [0.5, 0.6) is 0 Å². The largest absolute Gasteiger partial charge is 0.386 e. The Morgan fingerprint density at radius 2 is 2.07 bits per heavy atom. The number of rotatable bonds is 4. The molecule has 4 heteroatoms. The first-order valence-corrected chi connectivity index (χ1v) is 5.90. The molecule has 1 rings (SSSR count). The highest BCUT2D eigenvalue weighted by molar-refractivity contribution is 7.99. The molecule has 0 fully saturated rings. The molecule has 1 aromatic rings. The van der Waals surface area contributed by atoms with Gasteiger partial charge in [0, 0.05) is 4.90 Å². The molecule has 0 unspecified atom stereocenters. The molecule has 0 saturated heterocycles. The van der Waals surface area contributed by atoms with E-state index in [4.69, 9.17) is 17.3 Å². The van der Waals surface area contributed by atoms with Crippen LogP contribution in [0.4, 0.5) is 5.69 Å². The predicted octanol–water partition coefficient (Wildman–Crippen LogP) is 3.03. The third-order valence-electron chi connectivity index (χ3n) is 1.56. The summed E-state index contributed by atoms with van der Waals surface area (Å²) in [5.74, 6) is 1.79. The molecule has 2 nitrogen and oxygen atoms in total. The normalized spacial score (nSPS) is 11.7. The van der Waals surface area contributed by atoms with Gasteiger partial charge in [-0.05, 0) is 30.0 Å². The summed E-state index contributed by atoms with van der Waals surface area (Å²) >= 11 is 7.33. The summed E-state index contributed by atoms with van der Waals surface area (Å²) in [6, 6.07) is 7.96. The van der Waals surface area contributed by atoms with Crippen molar-refractivity contribution in [2.75, 3.05) is 11.6 Å². The number of amidine groups is 1. The average Bonchev–Trinajstić information content (AvgIpc) is 2.21. The van der Waals surface area contributed by atoms with Gasteiger partial charge in [-0.3, -0.25) is 0 Å². The van der Waals surface area contributed by atoms with Gasteiger partial charge in [-0.25, -0.2) is 4.99 Å². The summed E-state index contributed by atoms with van der Waals surface area (Å²) in [4.78, 5) is 5.38. The number of hydrogen-bond acceptors (Lipinski definition) is 2. The minimum Gasteiger partial charge on any atom is -0.386 e. The van der Waals surface area contributed by atoms with E-state index in [1.165, 1.54) is 4.90 Å². The lowest BCUT2D eigenvalue weighted by Gasteiger charge is -1.99. The van der Waals surface area contributed by atoms with Gasteiger partial charge in [-0.15, -0.1) is 23.4 Å². The van der Waals surface area contributed by atoms with Crippen LogP contribution < -0.4 is 5.73 Å². The monoisotopic (exact) mass is 228 g/mol. The molecule has 0 aliphatic rings. The molecule has 1 aromatic carbocycles. The van der Waals surface area contributed by atoms with Crippen molar-refractivity contribution in [3.05, 3.63) is 24.3 Å². The van der Waals surface area contributed by atoms with Crippen molar-refractivity contribution in [2.45, 2.75) is 11.8 Å². The summed E-state index contributed by atoms with van der Waals surface area (Å²) < 4.78 is 0. The number of thioether (sulfide) groups is 1. The number of benzene rings is 1. The zero-order chi connectivity index (χ0) is 10.4. The lowest BCUT2D eigenvalue weighted by molar-refractivity contribution is 1.38. The SMILES string of the molecule is CCSc1ccc(N=C(N)CCl)cc1. The van der Waals surface area contributed by atoms with E-state index in [-0.39, 0.29) is 5.88 Å². The molecule has 0 aliphatic carbocycles. The fourth-order valence-corrected chi connectivity index (χ4v) is 1.70. The predicted molar refractivity (Wildman–Crippen MR) is 64.8 cm³/mol. The van der Waals surface area contributed by atoms with Crippen molar-refractivity contribution in [1.82, 2.24) is 0 Å². The molecule has 0 radical (unpaired) electrons. The summed E-state index contributed by atoms with van der Waals surface area (Å²) in [5, 5.41) is 0. The van der Waals surface area contributed by atoms with Crippen LogP contribution >= 0.6 is 23.4 Å². The Balaban J connectivity index is 2.73. The molecule has 2 N–H and O–H groups in total. The average molecular weight is 229 g/mol. The van der Waals surface area contributed by atoms with Crippen LogP contribution in [-0.4, -0.2) is 17.5 Å². The molecule has 14 heavy (non-hydrogen) atoms. The molecule has 0 atom stereocenters. The second-order valence-corrected chi connectivity index (χ2v) is 4.27. The van der Waals surface area contributed by atoms with Gasteiger partial charge in [0.1, 0.15) is 5.84 Å². The standard InChI is InChI=1S/C10H13ClN2S/c1-2-14-9-5-3-8(4-6-9)13-10(12)7-11/h3-6H,2,7H2,1H3,(H2,12,13). The topological polar surface area (TPSA) is 38.4 Å². The molecule has 0 aliphatic heterocycles. The van der Waals surface area contributed by atoms with Gasteiger partial charge in [0.15, 0.2) is 0 Å². The third-order valence-corrected chi connectivity index (χ3v) is 2.73. The Morgan fingerprint density at radius 3 is 2.57 bits per heavy atom. The quantitative estimate of drug-likeness (QED) is 0.372. The first kappa shape index (κ1) is 11.4. The Hall–Kier alpha value is -0.670. The van der Waals surface area contributed by atoms with E-state index in [0.29, 0.717) is 5.84 Å². The van der Waals surface area contributed by atoms with Crippen LogP contribution in [0.2, 0.25) is 0 Å². The first-order chi connectivity index (χ1) is 6.76. The molecule has 0 aromatic heterocycles. The molecule has 0 heterocycles. The van der Waals surface area contributed by atoms with Crippen LogP contribution in [0.1, 0.15) is 6.92 Å². The van der Waals surface area contributed by atoms with Gasteiger partial charge in [0.05, 0.1) is 11.6 Å². The van der Waals surface area contributed by atoms with Gasteiger partial charge in [-0.2, -0.15) is 0 Å². The number of hydrogen-bond donors (Lipinski definition) is 1. The first-order valence-electron chi connectivity index (χ1n) is 4.38. The van der Waals surface area contributed by atoms with E-state index >= 15 is 0 Å². The van der Waals surface area contributed by atoms with E-state index in [9.17, 15) is 0 Å². The maximum atomic E-state index is 5.52. The zero-order valence-corrected chi connectivity index (χ0v) is 9.61. The minimum absolute atomic E-state index is 0.269. The number of nitrogens with two attached hydrogens (primary N) is 1. The lowest BCUT2D eigenvalue weighted by Crippen LogP contribution is -2.12. The van der Waals surface area contributed by atoms with Gasteiger partial charge in [0.25, 0.3) is 0 Å². The Morgan fingerprint density at radius 1 is 1.43 bits per heavy atom. The Bertz CT molecular complexity index is 308. The van der Waals surface area contributed by atoms with Crippen LogP contribution in [0, 0.1) is 0 Å². The fraction of sp³-hybridized carbons (Fsp3) is 0.300. The van der Waals surface area contributed by atoms with Crippen molar-refractivity contribution in [3.63, 3.8) is 0 Å². The highest BCUT2D eigenvalue weighted by Gasteiger charge is 1.94. The summed E-state index contributed by atoms with van der Waals surface area (Å²) in [5.41, 5.74) is 6.37.